The van der Waals surface area contributed by atoms with Gasteiger partial charge in [-0.05, 0) is 30.4 Å². The van der Waals surface area contributed by atoms with Gasteiger partial charge in [0.1, 0.15) is 0 Å². The molecule has 1 aromatic heterocycles. The largest absolute Gasteiger partial charge is 0.397 e. The number of aromatic nitrogens is 1. The van der Waals surface area contributed by atoms with Gasteiger partial charge in [-0.25, -0.2) is 0 Å². The van der Waals surface area contributed by atoms with E-state index < -0.39 is 0 Å². The molecule has 94 valence electrons. The normalized spacial score (nSPS) is 21.5. The topological polar surface area (TPSA) is 68.0 Å². The fourth-order valence-electron chi connectivity index (χ4n) is 1.70. The Kier molecular flexibility index (Phi) is 4.75. The minimum atomic E-state index is 0. The summed E-state index contributed by atoms with van der Waals surface area (Å²) in [5.41, 5.74) is 6.90. The Morgan fingerprint density at radius 2 is 2.29 bits per heavy atom. The van der Waals surface area contributed by atoms with Crippen molar-refractivity contribution in [2.75, 3.05) is 12.3 Å². The van der Waals surface area contributed by atoms with E-state index in [1.165, 1.54) is 6.42 Å². The van der Waals surface area contributed by atoms with Crippen LogP contribution in [0.5, 0.6) is 0 Å². The lowest BCUT2D eigenvalue weighted by molar-refractivity contribution is -0.120. The molecule has 17 heavy (non-hydrogen) atoms. The number of carbonyl (C=O) groups excluding carboxylic acids is 1. The third kappa shape index (κ3) is 4.23. The molecule has 2 atom stereocenters. The Hall–Kier alpha value is -1.29. The first kappa shape index (κ1) is 13.8. The van der Waals surface area contributed by atoms with Crippen molar-refractivity contribution in [3.8, 4) is 0 Å². The number of halogens is 1. The second-order valence-electron chi connectivity index (χ2n) is 4.54. The maximum atomic E-state index is 11.6. The van der Waals surface area contributed by atoms with Crippen LogP contribution in [0.15, 0.2) is 18.3 Å². The van der Waals surface area contributed by atoms with Crippen molar-refractivity contribution in [1.29, 1.82) is 0 Å². The lowest BCUT2D eigenvalue weighted by atomic mass is 10.2. The quantitative estimate of drug-likeness (QED) is 0.855. The molecule has 1 amide bonds. The van der Waals surface area contributed by atoms with E-state index in [-0.39, 0.29) is 18.3 Å². The van der Waals surface area contributed by atoms with Crippen molar-refractivity contribution in [3.63, 3.8) is 0 Å². The van der Waals surface area contributed by atoms with Crippen LogP contribution >= 0.6 is 12.4 Å². The fourth-order valence-corrected chi connectivity index (χ4v) is 1.70. The Balaban J connectivity index is 0.00000144. The van der Waals surface area contributed by atoms with Crippen molar-refractivity contribution in [1.82, 2.24) is 10.3 Å². The maximum Gasteiger partial charge on any atom is 0.226 e. The van der Waals surface area contributed by atoms with Crippen LogP contribution < -0.4 is 11.1 Å². The van der Waals surface area contributed by atoms with Gasteiger partial charge in [0.25, 0.3) is 0 Å². The second kappa shape index (κ2) is 5.87. The summed E-state index contributed by atoms with van der Waals surface area (Å²) in [6, 6.07) is 3.55. The van der Waals surface area contributed by atoms with Crippen LogP contribution in [-0.2, 0) is 11.2 Å². The smallest absolute Gasteiger partial charge is 0.226 e. The zero-order valence-electron chi connectivity index (χ0n) is 9.85. The molecule has 1 heterocycles. The lowest BCUT2D eigenvalue weighted by Gasteiger charge is -2.04. The molecule has 0 bridgehead atoms. The van der Waals surface area contributed by atoms with E-state index in [0.29, 0.717) is 18.0 Å². The van der Waals surface area contributed by atoms with Gasteiger partial charge in [-0.15, -0.1) is 12.4 Å². The SMILES string of the molecule is CC1CC1CNC(=O)Cc1ccc(N)cn1.Cl. The number of hydrogen-bond donors (Lipinski definition) is 2. The first-order chi connectivity index (χ1) is 7.65. The van der Waals surface area contributed by atoms with E-state index in [1.54, 1.807) is 18.3 Å². The lowest BCUT2D eigenvalue weighted by Crippen LogP contribution is -2.27. The summed E-state index contributed by atoms with van der Waals surface area (Å²) >= 11 is 0. The molecule has 1 aliphatic rings. The van der Waals surface area contributed by atoms with Crippen LogP contribution in [0.1, 0.15) is 19.0 Å². The van der Waals surface area contributed by atoms with Crippen LogP contribution in [0, 0.1) is 11.8 Å². The third-order valence-electron chi connectivity index (χ3n) is 3.03. The van der Waals surface area contributed by atoms with Gasteiger partial charge in [0.05, 0.1) is 18.3 Å². The standard InChI is InChI=1S/C12H17N3O.ClH/c1-8-4-9(8)6-15-12(16)5-11-3-2-10(13)7-14-11;/h2-3,7-9H,4-6,13H2,1H3,(H,15,16);1H. The third-order valence-corrected chi connectivity index (χ3v) is 3.03. The monoisotopic (exact) mass is 255 g/mol. The molecule has 1 saturated carbocycles. The van der Waals surface area contributed by atoms with Gasteiger partial charge in [-0.3, -0.25) is 9.78 Å². The molecule has 0 aromatic carbocycles. The minimum absolute atomic E-state index is 0. The van der Waals surface area contributed by atoms with Gasteiger partial charge in [-0.2, -0.15) is 0 Å². The number of rotatable bonds is 4. The van der Waals surface area contributed by atoms with E-state index in [0.717, 1.165) is 18.2 Å². The Morgan fingerprint density at radius 3 is 2.82 bits per heavy atom. The predicted molar refractivity (Wildman–Crippen MR) is 69.9 cm³/mol. The van der Waals surface area contributed by atoms with Gasteiger partial charge in [0.2, 0.25) is 5.91 Å². The van der Waals surface area contributed by atoms with Gasteiger partial charge in [0.15, 0.2) is 0 Å². The molecule has 0 aliphatic heterocycles. The van der Waals surface area contributed by atoms with E-state index in [2.05, 4.69) is 17.2 Å². The average molecular weight is 256 g/mol. The van der Waals surface area contributed by atoms with Crippen LogP contribution in [-0.4, -0.2) is 17.4 Å². The first-order valence-corrected chi connectivity index (χ1v) is 5.62. The zero-order chi connectivity index (χ0) is 11.5. The van der Waals surface area contributed by atoms with Crippen molar-refractivity contribution in [3.05, 3.63) is 24.0 Å². The summed E-state index contributed by atoms with van der Waals surface area (Å²) in [4.78, 5) is 15.6. The maximum absolute atomic E-state index is 11.6. The Bertz CT molecular complexity index is 380. The highest BCUT2D eigenvalue weighted by atomic mass is 35.5. The van der Waals surface area contributed by atoms with E-state index in [1.807, 2.05) is 0 Å². The van der Waals surface area contributed by atoms with Crippen LogP contribution in [0.4, 0.5) is 5.69 Å². The molecule has 1 aliphatic carbocycles. The highest BCUT2D eigenvalue weighted by Gasteiger charge is 2.32. The molecule has 0 saturated heterocycles. The van der Waals surface area contributed by atoms with Crippen molar-refractivity contribution in [2.45, 2.75) is 19.8 Å². The first-order valence-electron chi connectivity index (χ1n) is 5.62. The van der Waals surface area contributed by atoms with E-state index >= 15 is 0 Å². The molecule has 0 radical (unpaired) electrons. The van der Waals surface area contributed by atoms with E-state index in [9.17, 15) is 4.79 Å². The Labute approximate surface area is 107 Å². The number of hydrogen-bond acceptors (Lipinski definition) is 3. The fraction of sp³-hybridized carbons (Fsp3) is 0.500. The molecule has 1 fully saturated rings. The molecule has 2 unspecified atom stereocenters. The summed E-state index contributed by atoms with van der Waals surface area (Å²) in [6.07, 6.45) is 3.15. The summed E-state index contributed by atoms with van der Waals surface area (Å²) in [7, 11) is 0. The molecule has 3 N–H and O–H groups in total. The second-order valence-corrected chi connectivity index (χ2v) is 4.54. The molecule has 1 aromatic rings. The highest BCUT2D eigenvalue weighted by molar-refractivity contribution is 5.85. The van der Waals surface area contributed by atoms with Gasteiger partial charge >= 0.3 is 0 Å². The molecule has 4 nitrogen and oxygen atoms in total. The number of pyridine rings is 1. The Morgan fingerprint density at radius 1 is 1.59 bits per heavy atom. The average Bonchev–Trinajstić information content (AvgIpc) is 2.95. The molecular formula is C12H18ClN3O. The van der Waals surface area contributed by atoms with Crippen LogP contribution in [0.2, 0.25) is 0 Å². The summed E-state index contributed by atoms with van der Waals surface area (Å²) in [5.74, 6) is 1.50. The van der Waals surface area contributed by atoms with Gasteiger partial charge < -0.3 is 11.1 Å². The van der Waals surface area contributed by atoms with Crippen LogP contribution in [0.25, 0.3) is 0 Å². The molecule has 2 rings (SSSR count). The number of anilines is 1. The van der Waals surface area contributed by atoms with Gasteiger partial charge in [0, 0.05) is 12.2 Å². The summed E-state index contributed by atoms with van der Waals surface area (Å²) in [6.45, 7) is 3.01. The number of amides is 1. The molecule has 5 heteroatoms. The number of nitrogens with zero attached hydrogens (tertiary/aromatic N) is 1. The molecule has 0 spiro atoms. The van der Waals surface area contributed by atoms with Crippen molar-refractivity contribution >= 4 is 24.0 Å². The number of nitrogens with one attached hydrogen (secondary N) is 1. The number of carbonyl (C=O) groups is 1. The predicted octanol–water partition coefficient (Wildman–Crippen LogP) is 1.40. The van der Waals surface area contributed by atoms with Gasteiger partial charge in [-0.1, -0.05) is 6.92 Å². The number of nitrogen functional groups attached to an aromatic ring is 1. The number of nitrogens with two attached hydrogens (primary N) is 1. The highest BCUT2D eigenvalue weighted by Crippen LogP contribution is 2.36. The van der Waals surface area contributed by atoms with E-state index in [4.69, 9.17) is 5.73 Å². The summed E-state index contributed by atoms with van der Waals surface area (Å²) < 4.78 is 0. The summed E-state index contributed by atoms with van der Waals surface area (Å²) in [5, 5.41) is 2.93. The minimum Gasteiger partial charge on any atom is -0.397 e. The van der Waals surface area contributed by atoms with Crippen molar-refractivity contribution in [2.24, 2.45) is 11.8 Å². The molecular weight excluding hydrogens is 238 g/mol. The van der Waals surface area contributed by atoms with Crippen LogP contribution in [0.3, 0.4) is 0 Å². The zero-order valence-corrected chi connectivity index (χ0v) is 10.7. The van der Waals surface area contributed by atoms with Crippen molar-refractivity contribution < 1.29 is 4.79 Å².